The molecule has 26 heavy (non-hydrogen) atoms. The van der Waals surface area contributed by atoms with E-state index in [0.29, 0.717) is 21.4 Å². The average molecular weight is 454 g/mol. The zero-order valence-electron chi connectivity index (χ0n) is 12.8. The summed E-state index contributed by atoms with van der Waals surface area (Å²) in [6.45, 7) is 0. The van der Waals surface area contributed by atoms with Gasteiger partial charge in [0.05, 0.1) is 4.92 Å². The molecular weight excluding hydrogens is 443 g/mol. The number of allylic oxidation sites excluding steroid dienone is 1. The normalized spacial score (nSPS) is 10.0. The maximum absolute atomic E-state index is 11.6. The van der Waals surface area contributed by atoms with Gasteiger partial charge in [-0.2, -0.15) is 0 Å². The van der Waals surface area contributed by atoms with E-state index in [0.717, 1.165) is 0 Å². The molecule has 0 bridgehead atoms. The van der Waals surface area contributed by atoms with Crippen molar-refractivity contribution in [1.82, 2.24) is 0 Å². The largest absolute Gasteiger partial charge is 0.336 e. The first kappa shape index (κ1) is 20.7. The Bertz CT molecular complexity index is 811. The van der Waals surface area contributed by atoms with Crippen molar-refractivity contribution in [3.8, 4) is 0 Å². The molecule has 136 valence electrons. The quantitative estimate of drug-likeness (QED) is 0.285. The second-order valence-corrected chi connectivity index (χ2v) is 7.02. The Morgan fingerprint density at radius 2 is 1.19 bits per heavy atom. The van der Waals surface area contributed by atoms with E-state index in [4.69, 9.17) is 58.0 Å². The first-order valence-electron chi connectivity index (χ1n) is 6.93. The Morgan fingerprint density at radius 3 is 1.50 bits per heavy atom. The fraction of sp³-hybridized carbons (Fsp3) is 0. The molecule has 0 amide bonds. The van der Waals surface area contributed by atoms with Crippen LogP contribution in [0.1, 0.15) is 0 Å². The number of hydrogen-bond donors (Lipinski definition) is 2. The van der Waals surface area contributed by atoms with Crippen molar-refractivity contribution >= 4 is 69.4 Å². The Balaban J connectivity index is 2.53. The fourth-order valence-electron chi connectivity index (χ4n) is 1.88. The van der Waals surface area contributed by atoms with Crippen LogP contribution in [0, 0.1) is 10.1 Å². The first-order chi connectivity index (χ1) is 12.3. The molecule has 0 saturated carbocycles. The Labute approximate surface area is 174 Å². The van der Waals surface area contributed by atoms with Gasteiger partial charge in [0, 0.05) is 21.4 Å². The molecule has 0 heterocycles. The Morgan fingerprint density at radius 1 is 0.808 bits per heavy atom. The molecule has 0 aliphatic rings. The lowest BCUT2D eigenvalue weighted by molar-refractivity contribution is -0.420. The van der Waals surface area contributed by atoms with Gasteiger partial charge in [-0.3, -0.25) is 10.1 Å². The van der Waals surface area contributed by atoms with Gasteiger partial charge < -0.3 is 10.6 Å². The molecule has 0 atom stereocenters. The van der Waals surface area contributed by atoms with Gasteiger partial charge in [0.1, 0.15) is 4.49 Å². The number of hydrogen-bond acceptors (Lipinski definition) is 4. The standard InChI is InChI=1S/C16H10Cl5N3O2/c17-9-1-5-11(6-2-9)22-16(14(24(25)26)13(19)15(20)21)23-12-7-3-10(18)4-8-12/h1-8,22-23H. The molecule has 2 rings (SSSR count). The molecule has 0 radical (unpaired) electrons. The minimum Gasteiger partial charge on any atom is -0.336 e. The number of rotatable bonds is 6. The number of benzene rings is 2. The van der Waals surface area contributed by atoms with Crippen LogP contribution in [0.5, 0.6) is 0 Å². The van der Waals surface area contributed by atoms with Gasteiger partial charge in [-0.1, -0.05) is 58.0 Å². The van der Waals surface area contributed by atoms with Crippen molar-refractivity contribution in [2.75, 3.05) is 10.6 Å². The Kier molecular flexibility index (Phi) is 7.43. The molecule has 0 saturated heterocycles. The van der Waals surface area contributed by atoms with Crippen LogP contribution in [-0.4, -0.2) is 4.92 Å². The average Bonchev–Trinajstić information content (AvgIpc) is 2.58. The molecule has 2 N–H and O–H groups in total. The van der Waals surface area contributed by atoms with Crippen LogP contribution in [-0.2, 0) is 0 Å². The van der Waals surface area contributed by atoms with Gasteiger partial charge in [-0.25, -0.2) is 0 Å². The van der Waals surface area contributed by atoms with Crippen LogP contribution >= 0.6 is 58.0 Å². The predicted molar refractivity (Wildman–Crippen MR) is 109 cm³/mol. The monoisotopic (exact) mass is 451 g/mol. The van der Waals surface area contributed by atoms with E-state index in [1.807, 2.05) is 0 Å². The highest BCUT2D eigenvalue weighted by Crippen LogP contribution is 2.29. The van der Waals surface area contributed by atoms with Gasteiger partial charge in [0.2, 0.25) is 0 Å². The van der Waals surface area contributed by atoms with E-state index in [1.54, 1.807) is 48.5 Å². The summed E-state index contributed by atoms with van der Waals surface area (Å²) < 4.78 is -0.438. The third kappa shape index (κ3) is 5.69. The molecule has 5 nitrogen and oxygen atoms in total. The molecule has 0 aromatic heterocycles. The molecule has 2 aromatic carbocycles. The molecular formula is C16H10Cl5N3O2. The van der Waals surface area contributed by atoms with E-state index < -0.39 is 20.1 Å². The van der Waals surface area contributed by atoms with Crippen molar-refractivity contribution in [2.45, 2.75) is 0 Å². The van der Waals surface area contributed by atoms with Gasteiger partial charge >= 0.3 is 5.70 Å². The van der Waals surface area contributed by atoms with Crippen molar-refractivity contribution in [2.24, 2.45) is 0 Å². The minimum atomic E-state index is -0.700. The van der Waals surface area contributed by atoms with Crippen molar-refractivity contribution in [3.63, 3.8) is 0 Å². The maximum Gasteiger partial charge on any atom is 0.330 e. The summed E-state index contributed by atoms with van der Waals surface area (Å²) >= 11 is 29.0. The van der Waals surface area contributed by atoms with Crippen LogP contribution in [0.15, 0.2) is 69.6 Å². The van der Waals surface area contributed by atoms with E-state index in [1.165, 1.54) is 0 Å². The highest BCUT2D eigenvalue weighted by Gasteiger charge is 2.26. The molecule has 0 aliphatic carbocycles. The Hall–Kier alpha value is -1.63. The summed E-state index contributed by atoms with van der Waals surface area (Å²) in [4.78, 5) is 10.9. The maximum atomic E-state index is 11.6. The third-order valence-corrected chi connectivity index (χ3v) is 4.46. The van der Waals surface area contributed by atoms with E-state index in [9.17, 15) is 10.1 Å². The van der Waals surface area contributed by atoms with Crippen LogP contribution < -0.4 is 10.6 Å². The van der Waals surface area contributed by atoms with Crippen molar-refractivity contribution in [1.29, 1.82) is 0 Å². The minimum absolute atomic E-state index is 0.0385. The molecule has 0 fully saturated rings. The summed E-state index contributed by atoms with van der Waals surface area (Å²) in [6.07, 6.45) is 0. The zero-order chi connectivity index (χ0) is 19.3. The van der Waals surface area contributed by atoms with E-state index in [-0.39, 0.29) is 5.82 Å². The molecule has 0 unspecified atom stereocenters. The van der Waals surface area contributed by atoms with E-state index in [2.05, 4.69) is 10.6 Å². The summed E-state index contributed by atoms with van der Waals surface area (Å²) in [6, 6.07) is 13.1. The molecule has 0 aliphatic heterocycles. The second-order valence-electron chi connectivity index (χ2n) is 4.82. The van der Waals surface area contributed by atoms with E-state index >= 15 is 0 Å². The molecule has 10 heteroatoms. The smallest absolute Gasteiger partial charge is 0.330 e. The van der Waals surface area contributed by atoms with Crippen molar-refractivity contribution < 1.29 is 4.92 Å². The summed E-state index contributed by atoms with van der Waals surface area (Å²) in [5.74, 6) is -0.0385. The van der Waals surface area contributed by atoms with Crippen LogP contribution in [0.2, 0.25) is 10.0 Å². The van der Waals surface area contributed by atoms with Gasteiger partial charge in [0.15, 0.2) is 10.9 Å². The van der Waals surface area contributed by atoms with Crippen LogP contribution in [0.25, 0.3) is 0 Å². The molecule has 0 spiro atoms. The first-order valence-corrected chi connectivity index (χ1v) is 8.82. The lowest BCUT2D eigenvalue weighted by atomic mass is 10.3. The number of anilines is 2. The van der Waals surface area contributed by atoms with Gasteiger partial charge in [0.25, 0.3) is 0 Å². The number of nitrogens with one attached hydrogen (secondary N) is 2. The predicted octanol–water partition coefficient (Wildman–Crippen LogP) is 6.85. The van der Waals surface area contributed by atoms with Crippen LogP contribution in [0.4, 0.5) is 11.4 Å². The summed E-state index contributed by atoms with van der Waals surface area (Å²) in [5.41, 5.74) is 0.525. The number of halogens is 5. The SMILES string of the molecule is O=[N+]([O-])C(=C(Nc1ccc(Cl)cc1)Nc1ccc(Cl)cc1)C(Cl)=C(Cl)Cl. The number of nitro groups is 1. The third-order valence-electron chi connectivity index (χ3n) is 3.02. The van der Waals surface area contributed by atoms with Gasteiger partial charge in [-0.15, -0.1) is 0 Å². The zero-order valence-corrected chi connectivity index (χ0v) is 16.6. The second kappa shape index (κ2) is 9.35. The summed E-state index contributed by atoms with van der Waals surface area (Å²) in [5, 5.41) is 17.9. The highest BCUT2D eigenvalue weighted by molar-refractivity contribution is 6.59. The lowest BCUT2D eigenvalue weighted by Crippen LogP contribution is -2.17. The van der Waals surface area contributed by atoms with Gasteiger partial charge in [-0.05, 0) is 48.5 Å². The lowest BCUT2D eigenvalue weighted by Gasteiger charge is -2.14. The topological polar surface area (TPSA) is 67.2 Å². The fourth-order valence-corrected chi connectivity index (χ4v) is 2.47. The summed E-state index contributed by atoms with van der Waals surface area (Å²) in [7, 11) is 0. The highest BCUT2D eigenvalue weighted by atomic mass is 35.5. The molecule has 2 aromatic rings. The number of nitrogens with zero attached hydrogens (tertiary/aromatic N) is 1. The van der Waals surface area contributed by atoms with Crippen molar-refractivity contribution in [3.05, 3.63) is 89.7 Å². The van der Waals surface area contributed by atoms with Crippen LogP contribution in [0.3, 0.4) is 0 Å².